The zero-order valence-corrected chi connectivity index (χ0v) is 22.2. The average molecular weight is 558 g/mol. The SMILES string of the molecule is CC1CCC(N(Cc2ccc(C(F)(F)F)cn2)C(=O)C=O)c2ccccc21.CNc1cnc(OC)c(C(N)=O)c1. The molecule has 0 radical (unpaired) electrons. The molecule has 1 aliphatic rings. The van der Waals surface area contributed by atoms with Gasteiger partial charge in [0.05, 0.1) is 42.8 Å². The van der Waals surface area contributed by atoms with Gasteiger partial charge in [0.1, 0.15) is 5.56 Å². The lowest BCUT2D eigenvalue weighted by atomic mass is 9.80. The molecule has 2 aromatic heterocycles. The summed E-state index contributed by atoms with van der Waals surface area (Å²) in [5.74, 6) is -0.672. The first-order valence-corrected chi connectivity index (χ1v) is 12.4. The van der Waals surface area contributed by atoms with Gasteiger partial charge in [0, 0.05) is 13.2 Å². The first-order valence-electron chi connectivity index (χ1n) is 12.4. The number of primary amides is 1. The lowest BCUT2D eigenvalue weighted by Crippen LogP contribution is -2.37. The molecule has 3 N–H and O–H groups in total. The van der Waals surface area contributed by atoms with Gasteiger partial charge < -0.3 is 20.7 Å². The molecule has 2 unspecified atom stereocenters. The lowest BCUT2D eigenvalue weighted by molar-refractivity contribution is -0.141. The Bertz CT molecular complexity index is 1350. The highest BCUT2D eigenvalue weighted by Gasteiger charge is 2.33. The first-order chi connectivity index (χ1) is 19.0. The molecule has 212 valence electrons. The Kier molecular flexibility index (Phi) is 9.81. The van der Waals surface area contributed by atoms with Crippen LogP contribution in [0.25, 0.3) is 0 Å². The van der Waals surface area contributed by atoms with Gasteiger partial charge in [-0.25, -0.2) is 4.98 Å². The summed E-state index contributed by atoms with van der Waals surface area (Å²) in [7, 11) is 3.17. The maximum Gasteiger partial charge on any atom is 0.417 e. The summed E-state index contributed by atoms with van der Waals surface area (Å²) in [5.41, 5.74) is 7.66. The van der Waals surface area contributed by atoms with Crippen molar-refractivity contribution < 1.29 is 32.3 Å². The average Bonchev–Trinajstić information content (AvgIpc) is 2.96. The fourth-order valence-electron chi connectivity index (χ4n) is 4.50. The highest BCUT2D eigenvalue weighted by atomic mass is 19.4. The Balaban J connectivity index is 0.000000285. The van der Waals surface area contributed by atoms with Crippen LogP contribution in [0.3, 0.4) is 0 Å². The van der Waals surface area contributed by atoms with Crippen LogP contribution < -0.4 is 15.8 Å². The van der Waals surface area contributed by atoms with Crippen LogP contribution in [0.2, 0.25) is 0 Å². The molecule has 3 aromatic rings. The van der Waals surface area contributed by atoms with Gasteiger partial charge in [-0.15, -0.1) is 0 Å². The van der Waals surface area contributed by atoms with E-state index in [9.17, 15) is 27.6 Å². The van der Waals surface area contributed by atoms with Crippen LogP contribution in [0.15, 0.2) is 54.9 Å². The number of rotatable bonds is 7. The normalized spacial score (nSPS) is 16.1. The van der Waals surface area contributed by atoms with Crippen LogP contribution in [-0.4, -0.2) is 47.1 Å². The number of ether oxygens (including phenoxy) is 1. The van der Waals surface area contributed by atoms with Gasteiger partial charge in [0.25, 0.3) is 11.8 Å². The molecule has 12 heteroatoms. The zero-order valence-electron chi connectivity index (χ0n) is 22.2. The summed E-state index contributed by atoms with van der Waals surface area (Å²) < 4.78 is 43.0. The predicted molar refractivity (Wildman–Crippen MR) is 142 cm³/mol. The van der Waals surface area contributed by atoms with E-state index in [-0.39, 0.29) is 30.3 Å². The number of hydrogen-bond donors (Lipinski definition) is 2. The number of halogens is 3. The molecule has 0 fully saturated rings. The van der Waals surface area contributed by atoms with Gasteiger partial charge >= 0.3 is 6.18 Å². The van der Waals surface area contributed by atoms with E-state index in [0.29, 0.717) is 18.0 Å². The van der Waals surface area contributed by atoms with Gasteiger partial charge in [-0.05, 0) is 48.1 Å². The van der Waals surface area contributed by atoms with Crippen molar-refractivity contribution in [2.24, 2.45) is 5.73 Å². The van der Waals surface area contributed by atoms with E-state index in [2.05, 4.69) is 22.2 Å². The number of benzene rings is 1. The maximum absolute atomic E-state index is 12.7. The Labute approximate surface area is 229 Å². The number of nitrogens with two attached hydrogens (primary N) is 1. The second-order valence-electron chi connectivity index (χ2n) is 9.14. The fraction of sp³-hybridized carbons (Fsp3) is 0.321. The lowest BCUT2D eigenvalue weighted by Gasteiger charge is -2.37. The Morgan fingerprint density at radius 1 is 1.12 bits per heavy atom. The number of anilines is 1. The summed E-state index contributed by atoms with van der Waals surface area (Å²) in [6.07, 6.45) is -0.392. The summed E-state index contributed by atoms with van der Waals surface area (Å²) in [6, 6.07) is 11.2. The quantitative estimate of drug-likeness (QED) is 0.324. The molecule has 40 heavy (non-hydrogen) atoms. The van der Waals surface area contributed by atoms with Crippen LogP contribution >= 0.6 is 0 Å². The Morgan fingerprint density at radius 2 is 1.82 bits per heavy atom. The van der Waals surface area contributed by atoms with Crippen molar-refractivity contribution in [3.8, 4) is 5.88 Å². The molecule has 0 saturated heterocycles. The molecule has 2 amide bonds. The first kappa shape index (κ1) is 30.1. The molecule has 4 rings (SSSR count). The smallest absolute Gasteiger partial charge is 0.417 e. The van der Waals surface area contributed by atoms with E-state index in [1.165, 1.54) is 18.1 Å². The minimum Gasteiger partial charge on any atom is -0.480 e. The number of alkyl halides is 3. The molecule has 0 aliphatic heterocycles. The zero-order chi connectivity index (χ0) is 29.4. The standard InChI is InChI=1S/C20H19F3N2O2.C8H11N3O2/c1-13-6-9-18(17-5-3-2-4-16(13)17)25(19(27)12-26)11-15-8-7-14(10-24-15)20(21,22)23;1-10-5-3-6(7(9)12)8(13-2)11-4-5/h2-5,7-8,10,12-13,18H,6,9,11H2,1H3;3-4,10H,1-2H3,(H2,9,12). The number of nitrogens with zero attached hydrogens (tertiary/aromatic N) is 3. The third-order valence-corrected chi connectivity index (χ3v) is 6.60. The van der Waals surface area contributed by atoms with Crippen molar-refractivity contribution in [1.29, 1.82) is 0 Å². The number of aldehydes is 1. The molecular weight excluding hydrogens is 527 g/mol. The number of amides is 2. The van der Waals surface area contributed by atoms with Gasteiger partial charge in [-0.3, -0.25) is 19.4 Å². The fourth-order valence-corrected chi connectivity index (χ4v) is 4.50. The van der Waals surface area contributed by atoms with Crippen molar-refractivity contribution in [3.63, 3.8) is 0 Å². The highest BCUT2D eigenvalue weighted by Crippen LogP contribution is 2.40. The Morgan fingerprint density at radius 3 is 2.38 bits per heavy atom. The molecule has 2 heterocycles. The predicted octanol–water partition coefficient (Wildman–Crippen LogP) is 4.50. The molecule has 2 atom stereocenters. The number of fused-ring (bicyclic) bond motifs is 1. The van der Waals surface area contributed by atoms with Gasteiger partial charge in [-0.1, -0.05) is 31.2 Å². The largest absolute Gasteiger partial charge is 0.480 e. The van der Waals surface area contributed by atoms with Crippen molar-refractivity contribution in [2.45, 2.75) is 44.4 Å². The summed E-state index contributed by atoms with van der Waals surface area (Å²) in [5, 5.41) is 2.85. The van der Waals surface area contributed by atoms with Gasteiger partial charge in [-0.2, -0.15) is 13.2 Å². The van der Waals surface area contributed by atoms with E-state index in [1.54, 1.807) is 19.3 Å². The summed E-state index contributed by atoms with van der Waals surface area (Å²) in [4.78, 5) is 43.5. The minimum atomic E-state index is -4.47. The minimum absolute atomic E-state index is 0.0247. The molecule has 0 spiro atoms. The molecule has 9 nitrogen and oxygen atoms in total. The monoisotopic (exact) mass is 557 g/mol. The van der Waals surface area contributed by atoms with E-state index in [1.807, 2.05) is 24.3 Å². The molecule has 0 bridgehead atoms. The molecule has 1 aliphatic carbocycles. The third-order valence-electron chi connectivity index (χ3n) is 6.60. The molecule has 0 saturated carbocycles. The highest BCUT2D eigenvalue weighted by molar-refractivity contribution is 6.23. The van der Waals surface area contributed by atoms with Crippen molar-refractivity contribution in [2.75, 3.05) is 19.5 Å². The number of pyridine rings is 2. The number of methoxy groups -OCH3 is 1. The number of carbonyl (C=O) groups is 3. The molecule has 1 aromatic carbocycles. The third kappa shape index (κ3) is 7.13. The van der Waals surface area contributed by atoms with Gasteiger partial charge in [0.2, 0.25) is 12.2 Å². The van der Waals surface area contributed by atoms with E-state index >= 15 is 0 Å². The summed E-state index contributed by atoms with van der Waals surface area (Å²) >= 11 is 0. The van der Waals surface area contributed by atoms with E-state index in [4.69, 9.17) is 10.5 Å². The van der Waals surface area contributed by atoms with Crippen LogP contribution in [0.1, 0.15) is 64.5 Å². The second kappa shape index (κ2) is 13.0. The maximum atomic E-state index is 12.7. The van der Waals surface area contributed by atoms with Crippen LogP contribution in [-0.2, 0) is 22.3 Å². The summed E-state index contributed by atoms with van der Waals surface area (Å²) in [6.45, 7) is 2.08. The number of aromatic nitrogens is 2. The van der Waals surface area contributed by atoms with Crippen LogP contribution in [0.4, 0.5) is 18.9 Å². The number of carbonyl (C=O) groups excluding carboxylic acids is 3. The van der Waals surface area contributed by atoms with E-state index in [0.717, 1.165) is 35.5 Å². The topological polar surface area (TPSA) is 128 Å². The van der Waals surface area contributed by atoms with Crippen molar-refractivity contribution in [1.82, 2.24) is 14.9 Å². The van der Waals surface area contributed by atoms with Crippen molar-refractivity contribution >= 4 is 23.8 Å². The van der Waals surface area contributed by atoms with E-state index < -0.39 is 23.6 Å². The Hall–Kier alpha value is -4.48. The van der Waals surface area contributed by atoms with Crippen molar-refractivity contribution in [3.05, 3.63) is 82.8 Å². The van der Waals surface area contributed by atoms with Crippen LogP contribution in [0.5, 0.6) is 5.88 Å². The van der Waals surface area contributed by atoms with Crippen LogP contribution in [0, 0.1) is 0 Å². The van der Waals surface area contributed by atoms with Gasteiger partial charge in [0.15, 0.2) is 0 Å². The molecular formula is C28H30F3N5O4. The number of hydrogen-bond acceptors (Lipinski definition) is 7. The number of nitrogens with one attached hydrogen (secondary N) is 1. The second-order valence-corrected chi connectivity index (χ2v) is 9.14.